The summed E-state index contributed by atoms with van der Waals surface area (Å²) in [6.45, 7) is 1.19. The lowest BCUT2D eigenvalue weighted by Crippen LogP contribution is -2.26. The molecule has 10 heteroatoms. The van der Waals surface area contributed by atoms with Crippen molar-refractivity contribution in [2.24, 2.45) is 0 Å². The molecule has 20 heavy (non-hydrogen) atoms. The molecule has 0 aromatic carbocycles. The first-order valence-corrected chi connectivity index (χ1v) is 5.14. The SMILES string of the molecule is CCOC(=O)c1c[nH]c(=O)c(OC(F)(F)F)c1C(F)F. The number of alkyl halides is 5. The minimum Gasteiger partial charge on any atom is -0.462 e. The summed E-state index contributed by atoms with van der Waals surface area (Å²) < 4.78 is 69.7. The minimum atomic E-state index is -5.36. The lowest BCUT2D eigenvalue weighted by Gasteiger charge is -2.14. The van der Waals surface area contributed by atoms with Crippen LogP contribution in [0.1, 0.15) is 29.3 Å². The predicted octanol–water partition coefficient (Wildman–Crippen LogP) is 2.39. The second-order valence-electron chi connectivity index (χ2n) is 3.34. The molecule has 1 aromatic rings. The van der Waals surface area contributed by atoms with E-state index in [9.17, 15) is 31.5 Å². The van der Waals surface area contributed by atoms with Gasteiger partial charge in [0.2, 0.25) is 5.75 Å². The van der Waals surface area contributed by atoms with E-state index in [0.717, 1.165) is 0 Å². The molecular weight excluding hydrogens is 293 g/mol. The Balaban J connectivity index is 3.45. The van der Waals surface area contributed by atoms with Gasteiger partial charge in [0.05, 0.1) is 17.7 Å². The minimum absolute atomic E-state index is 0.184. The van der Waals surface area contributed by atoms with Gasteiger partial charge in [-0.15, -0.1) is 13.2 Å². The Kier molecular flexibility index (Phi) is 4.69. The number of esters is 1. The zero-order valence-corrected chi connectivity index (χ0v) is 9.88. The molecule has 1 N–H and O–H groups in total. The van der Waals surface area contributed by atoms with Crippen molar-refractivity contribution >= 4 is 5.97 Å². The fraction of sp³-hybridized carbons (Fsp3) is 0.400. The Morgan fingerprint density at radius 1 is 1.40 bits per heavy atom. The number of carbonyl (C=O) groups excluding carboxylic acids is 1. The third-order valence-electron chi connectivity index (χ3n) is 2.02. The number of pyridine rings is 1. The fourth-order valence-electron chi connectivity index (χ4n) is 1.34. The van der Waals surface area contributed by atoms with E-state index in [1.54, 1.807) is 4.98 Å². The summed E-state index contributed by atoms with van der Waals surface area (Å²) in [5.41, 5.74) is -3.91. The largest absolute Gasteiger partial charge is 0.573 e. The predicted molar refractivity (Wildman–Crippen MR) is 54.7 cm³/mol. The van der Waals surface area contributed by atoms with E-state index in [2.05, 4.69) is 9.47 Å². The Morgan fingerprint density at radius 3 is 2.45 bits per heavy atom. The van der Waals surface area contributed by atoms with E-state index in [1.807, 2.05) is 0 Å². The Labute approximate surface area is 108 Å². The molecular formula is C10H8F5NO4. The summed E-state index contributed by atoms with van der Waals surface area (Å²) in [6.07, 6.45) is -8.34. The first-order chi connectivity index (χ1) is 9.17. The molecule has 1 heterocycles. The number of aromatic nitrogens is 1. The van der Waals surface area contributed by atoms with Crippen LogP contribution in [0.2, 0.25) is 0 Å². The summed E-state index contributed by atoms with van der Waals surface area (Å²) in [4.78, 5) is 24.3. The van der Waals surface area contributed by atoms with Gasteiger partial charge in [0.25, 0.3) is 12.0 Å². The number of nitrogens with one attached hydrogen (secondary N) is 1. The van der Waals surface area contributed by atoms with Crippen LogP contribution < -0.4 is 10.3 Å². The maximum absolute atomic E-state index is 12.8. The van der Waals surface area contributed by atoms with Gasteiger partial charge in [0, 0.05) is 6.20 Å². The summed E-state index contributed by atoms with van der Waals surface area (Å²) in [6, 6.07) is 0. The van der Waals surface area contributed by atoms with Gasteiger partial charge in [0.1, 0.15) is 0 Å². The number of aromatic amines is 1. The molecule has 0 spiro atoms. The van der Waals surface area contributed by atoms with Crippen LogP contribution in [0.25, 0.3) is 0 Å². The van der Waals surface area contributed by atoms with E-state index >= 15 is 0 Å². The maximum Gasteiger partial charge on any atom is 0.573 e. The van der Waals surface area contributed by atoms with Crippen molar-refractivity contribution in [3.05, 3.63) is 27.7 Å². The van der Waals surface area contributed by atoms with E-state index in [-0.39, 0.29) is 6.61 Å². The first-order valence-electron chi connectivity index (χ1n) is 5.14. The number of ether oxygens (including phenoxy) is 2. The van der Waals surface area contributed by atoms with Crippen molar-refractivity contribution in [1.29, 1.82) is 0 Å². The molecule has 0 aliphatic rings. The van der Waals surface area contributed by atoms with Crippen molar-refractivity contribution in [2.45, 2.75) is 19.7 Å². The highest BCUT2D eigenvalue weighted by atomic mass is 19.4. The lowest BCUT2D eigenvalue weighted by atomic mass is 10.1. The standard InChI is InChI=1S/C10H8F5NO4/c1-2-19-9(18)4-3-16-8(17)6(5(4)7(11)12)20-10(13,14)15/h3,7H,2H2,1H3,(H,16,17). The zero-order valence-electron chi connectivity index (χ0n) is 9.88. The van der Waals surface area contributed by atoms with E-state index in [1.165, 1.54) is 6.92 Å². The van der Waals surface area contributed by atoms with Gasteiger partial charge in [-0.3, -0.25) is 4.79 Å². The number of hydrogen-bond acceptors (Lipinski definition) is 4. The highest BCUT2D eigenvalue weighted by Gasteiger charge is 2.37. The van der Waals surface area contributed by atoms with Crippen LogP contribution >= 0.6 is 0 Å². The topological polar surface area (TPSA) is 68.4 Å². The molecule has 0 aliphatic heterocycles. The third kappa shape index (κ3) is 3.68. The van der Waals surface area contributed by atoms with E-state index in [4.69, 9.17) is 0 Å². The maximum atomic E-state index is 12.8. The van der Waals surface area contributed by atoms with Gasteiger partial charge >= 0.3 is 12.3 Å². The second kappa shape index (κ2) is 5.88. The molecule has 0 aliphatic carbocycles. The first kappa shape index (κ1) is 15.9. The van der Waals surface area contributed by atoms with Gasteiger partial charge in [-0.2, -0.15) is 0 Å². The molecule has 0 radical (unpaired) electrons. The molecule has 0 saturated carbocycles. The van der Waals surface area contributed by atoms with E-state index in [0.29, 0.717) is 6.20 Å². The van der Waals surface area contributed by atoms with Crippen LogP contribution in [0, 0.1) is 0 Å². The molecule has 0 bridgehead atoms. The number of halogens is 5. The monoisotopic (exact) mass is 301 g/mol. The Bertz CT molecular complexity index is 552. The highest BCUT2D eigenvalue weighted by molar-refractivity contribution is 5.91. The average molecular weight is 301 g/mol. The van der Waals surface area contributed by atoms with E-state index < -0.39 is 41.2 Å². The summed E-state index contributed by atoms with van der Waals surface area (Å²) in [5, 5.41) is 0. The Morgan fingerprint density at radius 2 is 2.00 bits per heavy atom. The van der Waals surface area contributed by atoms with Crippen molar-refractivity contribution < 1.29 is 36.2 Å². The molecule has 112 valence electrons. The number of carbonyl (C=O) groups is 1. The smallest absolute Gasteiger partial charge is 0.462 e. The quantitative estimate of drug-likeness (QED) is 0.685. The molecule has 0 fully saturated rings. The molecule has 0 amide bonds. The van der Waals surface area contributed by atoms with Crippen LogP contribution in [0.3, 0.4) is 0 Å². The van der Waals surface area contributed by atoms with Crippen molar-refractivity contribution in [2.75, 3.05) is 6.61 Å². The molecule has 5 nitrogen and oxygen atoms in total. The average Bonchev–Trinajstić information content (AvgIpc) is 2.29. The van der Waals surface area contributed by atoms with Crippen LogP contribution in [0.15, 0.2) is 11.0 Å². The highest BCUT2D eigenvalue weighted by Crippen LogP contribution is 2.32. The molecule has 0 saturated heterocycles. The van der Waals surface area contributed by atoms with Crippen LogP contribution in [-0.2, 0) is 4.74 Å². The van der Waals surface area contributed by atoms with Crippen LogP contribution in [0.4, 0.5) is 22.0 Å². The molecule has 0 atom stereocenters. The lowest BCUT2D eigenvalue weighted by molar-refractivity contribution is -0.275. The molecule has 1 aromatic heterocycles. The van der Waals surface area contributed by atoms with Crippen LogP contribution in [-0.4, -0.2) is 23.9 Å². The van der Waals surface area contributed by atoms with Gasteiger partial charge in [-0.25, -0.2) is 13.6 Å². The van der Waals surface area contributed by atoms with Gasteiger partial charge in [-0.05, 0) is 6.92 Å². The van der Waals surface area contributed by atoms with Crippen molar-refractivity contribution in [1.82, 2.24) is 4.98 Å². The number of H-pyrrole nitrogens is 1. The summed E-state index contributed by atoms with van der Waals surface area (Å²) in [5.74, 6) is -2.98. The normalized spacial score (nSPS) is 11.6. The zero-order chi connectivity index (χ0) is 15.5. The van der Waals surface area contributed by atoms with Crippen molar-refractivity contribution in [3.63, 3.8) is 0 Å². The van der Waals surface area contributed by atoms with Crippen molar-refractivity contribution in [3.8, 4) is 5.75 Å². The molecule has 0 unspecified atom stereocenters. The Hall–Kier alpha value is -2.13. The third-order valence-corrected chi connectivity index (χ3v) is 2.02. The van der Waals surface area contributed by atoms with Gasteiger partial charge in [-0.1, -0.05) is 0 Å². The molecule has 1 rings (SSSR count). The fourth-order valence-corrected chi connectivity index (χ4v) is 1.34. The van der Waals surface area contributed by atoms with Gasteiger partial charge < -0.3 is 14.5 Å². The number of hydrogen-bond donors (Lipinski definition) is 1. The second-order valence-corrected chi connectivity index (χ2v) is 3.34. The summed E-state index contributed by atoms with van der Waals surface area (Å²) >= 11 is 0. The van der Waals surface area contributed by atoms with Crippen LogP contribution in [0.5, 0.6) is 5.75 Å². The summed E-state index contributed by atoms with van der Waals surface area (Å²) in [7, 11) is 0. The number of rotatable bonds is 4. The van der Waals surface area contributed by atoms with Gasteiger partial charge in [0.15, 0.2) is 0 Å².